The van der Waals surface area contributed by atoms with Gasteiger partial charge in [0.15, 0.2) is 0 Å². The zero-order valence-corrected chi connectivity index (χ0v) is 17.8. The number of aromatic nitrogens is 1. The number of fused-ring (bicyclic) bond motifs is 3. The first-order valence-electron chi connectivity index (χ1n) is 10.7. The van der Waals surface area contributed by atoms with Gasteiger partial charge in [-0.1, -0.05) is 36.4 Å². The Morgan fingerprint density at radius 1 is 1.09 bits per heavy atom. The molecule has 2 aliphatic heterocycles. The lowest BCUT2D eigenvalue weighted by atomic mass is 9.98. The third kappa shape index (κ3) is 3.98. The van der Waals surface area contributed by atoms with Gasteiger partial charge in [0.2, 0.25) is 5.78 Å². The molecule has 9 heteroatoms. The Morgan fingerprint density at radius 3 is 2.58 bits per heavy atom. The zero-order chi connectivity index (χ0) is 22.9. The number of carbonyl (C=O) groups excluding carboxylic acids is 2. The van der Waals surface area contributed by atoms with Gasteiger partial charge in [-0.15, -0.1) is 0 Å². The van der Waals surface area contributed by atoms with Crippen LogP contribution in [-0.2, 0) is 6.54 Å². The predicted octanol–water partition coefficient (Wildman–Crippen LogP) is 2.74. The summed E-state index contributed by atoms with van der Waals surface area (Å²) in [6.45, 7) is 3.72. The van der Waals surface area contributed by atoms with Crippen molar-refractivity contribution in [3.05, 3.63) is 81.5 Å². The van der Waals surface area contributed by atoms with E-state index < -0.39 is 16.7 Å². The summed E-state index contributed by atoms with van der Waals surface area (Å²) < 4.78 is 0. The maximum atomic E-state index is 13.1. The Morgan fingerprint density at radius 2 is 1.85 bits per heavy atom. The first-order valence-corrected chi connectivity index (χ1v) is 10.7. The number of pyridine rings is 1. The van der Waals surface area contributed by atoms with Crippen LogP contribution in [0.4, 0.5) is 5.69 Å². The number of carbonyl (C=O) groups is 2. The Labute approximate surface area is 189 Å². The molecule has 33 heavy (non-hydrogen) atoms. The van der Waals surface area contributed by atoms with Crippen molar-refractivity contribution in [3.63, 3.8) is 0 Å². The van der Waals surface area contributed by atoms with Gasteiger partial charge in [-0.25, -0.2) is 0 Å². The van der Waals surface area contributed by atoms with Crippen LogP contribution in [0.15, 0.2) is 59.7 Å². The molecule has 0 unspecified atom stereocenters. The number of amides is 1. The normalized spacial score (nSPS) is 18.4. The molecular formula is C24H21N5O4. The smallest absolute Gasteiger partial charge is 0.309 e. The minimum absolute atomic E-state index is 0.0884. The molecule has 2 aliphatic rings. The van der Waals surface area contributed by atoms with Crippen molar-refractivity contribution in [2.45, 2.75) is 12.6 Å². The van der Waals surface area contributed by atoms with Crippen LogP contribution in [0.3, 0.4) is 0 Å². The maximum absolute atomic E-state index is 13.1. The van der Waals surface area contributed by atoms with Gasteiger partial charge in [0.25, 0.3) is 5.91 Å². The van der Waals surface area contributed by atoms with Gasteiger partial charge in [0, 0.05) is 49.2 Å². The molecule has 5 rings (SSSR count). The van der Waals surface area contributed by atoms with Gasteiger partial charge >= 0.3 is 6.04 Å². The van der Waals surface area contributed by atoms with Gasteiger partial charge in [0.05, 0.1) is 22.9 Å². The molecule has 1 aromatic heterocycles. The molecule has 0 spiro atoms. The van der Waals surface area contributed by atoms with E-state index in [4.69, 9.17) is 0 Å². The van der Waals surface area contributed by atoms with E-state index in [-0.39, 0.29) is 11.5 Å². The van der Waals surface area contributed by atoms with Crippen LogP contribution >= 0.6 is 0 Å². The molecule has 9 nitrogen and oxygen atoms in total. The molecule has 0 bridgehead atoms. The lowest BCUT2D eigenvalue weighted by molar-refractivity contribution is -0.485. The molecule has 0 N–H and O–H groups in total. The molecule has 3 aromatic rings. The molecule has 0 radical (unpaired) electrons. The largest absolute Gasteiger partial charge is 0.336 e. The summed E-state index contributed by atoms with van der Waals surface area (Å²) >= 11 is 0. The van der Waals surface area contributed by atoms with E-state index in [1.165, 1.54) is 17.8 Å². The number of rotatable bonds is 4. The summed E-state index contributed by atoms with van der Waals surface area (Å²) in [5.74, 6) is -0.697. The highest BCUT2D eigenvalue weighted by molar-refractivity contribution is 6.18. The molecule has 1 amide bonds. The number of piperazine rings is 1. The molecule has 166 valence electrons. The molecule has 1 fully saturated rings. The van der Waals surface area contributed by atoms with Crippen LogP contribution < -0.4 is 0 Å². The number of aliphatic imine (C=N–C) groups is 1. The Hall–Kier alpha value is -3.98. The van der Waals surface area contributed by atoms with E-state index in [1.54, 1.807) is 12.1 Å². The summed E-state index contributed by atoms with van der Waals surface area (Å²) in [6.07, 6.45) is 2.53. The molecule has 1 saturated heterocycles. The number of ketones is 1. The fourth-order valence-corrected chi connectivity index (χ4v) is 4.29. The standard InChI is InChI=1S/C24H21N5O4/c30-23-19-7-6-17-12-18(13-25-21(17)22(19)26-14-20(23)29(32)33)24(31)28-10-8-27(9-11-28)15-16-4-2-1-3-5-16/h1-7,12-14,20H,8-11,15H2/t20-/m1/s1. The number of Topliss-reactive ketones (excluding diaryl/α,β-unsaturated/α-hetero) is 1. The van der Waals surface area contributed by atoms with Crippen molar-refractivity contribution < 1.29 is 14.5 Å². The Balaban J connectivity index is 1.31. The minimum atomic E-state index is -1.48. The van der Waals surface area contributed by atoms with E-state index in [0.717, 1.165) is 25.8 Å². The second-order valence-corrected chi connectivity index (χ2v) is 8.18. The maximum Gasteiger partial charge on any atom is 0.309 e. The third-order valence-corrected chi connectivity index (χ3v) is 6.09. The summed E-state index contributed by atoms with van der Waals surface area (Å²) in [5, 5.41) is 11.7. The van der Waals surface area contributed by atoms with E-state index in [9.17, 15) is 19.7 Å². The monoisotopic (exact) mass is 443 g/mol. The van der Waals surface area contributed by atoms with Crippen molar-refractivity contribution in [2.75, 3.05) is 26.2 Å². The van der Waals surface area contributed by atoms with Crippen molar-refractivity contribution in [1.29, 1.82) is 0 Å². The molecule has 0 aliphatic carbocycles. The molecular weight excluding hydrogens is 422 g/mol. The third-order valence-electron chi connectivity index (χ3n) is 6.09. The van der Waals surface area contributed by atoms with E-state index in [0.29, 0.717) is 35.2 Å². The van der Waals surface area contributed by atoms with Crippen molar-refractivity contribution in [2.24, 2.45) is 4.99 Å². The summed E-state index contributed by atoms with van der Waals surface area (Å²) in [5.41, 5.74) is 2.65. The fourth-order valence-electron chi connectivity index (χ4n) is 4.29. The van der Waals surface area contributed by atoms with Crippen LogP contribution in [0.5, 0.6) is 0 Å². The lowest BCUT2D eigenvalue weighted by Gasteiger charge is -2.34. The first-order chi connectivity index (χ1) is 16.0. The van der Waals surface area contributed by atoms with Gasteiger partial charge in [-0.3, -0.25) is 34.6 Å². The van der Waals surface area contributed by atoms with Crippen LogP contribution in [0.25, 0.3) is 10.9 Å². The first kappa shape index (κ1) is 20.9. The zero-order valence-electron chi connectivity index (χ0n) is 17.8. The van der Waals surface area contributed by atoms with Gasteiger partial charge in [-0.05, 0) is 17.7 Å². The van der Waals surface area contributed by atoms with Gasteiger partial charge in [-0.2, -0.15) is 0 Å². The average molecular weight is 443 g/mol. The highest BCUT2D eigenvalue weighted by atomic mass is 16.6. The van der Waals surface area contributed by atoms with Crippen LogP contribution in [-0.4, -0.2) is 69.8 Å². The quantitative estimate of drug-likeness (QED) is 0.453. The van der Waals surface area contributed by atoms with Crippen molar-refractivity contribution >= 4 is 34.5 Å². The second-order valence-electron chi connectivity index (χ2n) is 8.18. The molecule has 2 aromatic carbocycles. The fraction of sp³-hybridized carbons (Fsp3) is 0.250. The van der Waals surface area contributed by atoms with E-state index >= 15 is 0 Å². The lowest BCUT2D eigenvalue weighted by Crippen LogP contribution is -2.48. The van der Waals surface area contributed by atoms with Crippen LogP contribution in [0.2, 0.25) is 0 Å². The summed E-state index contributed by atoms with van der Waals surface area (Å²) in [4.78, 5) is 48.5. The number of hydrogen-bond acceptors (Lipinski definition) is 7. The number of nitrogens with zero attached hydrogens (tertiary/aromatic N) is 5. The van der Waals surface area contributed by atoms with Crippen LogP contribution in [0.1, 0.15) is 26.3 Å². The minimum Gasteiger partial charge on any atom is -0.336 e. The SMILES string of the molecule is O=C1c2ccc3cc(C(=O)N4CCN(Cc5ccccc5)CC4)cnc3c2N=C[C@H]1[N+](=O)[O-]. The van der Waals surface area contributed by atoms with Crippen molar-refractivity contribution in [3.8, 4) is 0 Å². The predicted molar refractivity (Wildman–Crippen MR) is 123 cm³/mol. The van der Waals surface area contributed by atoms with Crippen molar-refractivity contribution in [1.82, 2.24) is 14.8 Å². The van der Waals surface area contributed by atoms with Gasteiger partial charge < -0.3 is 4.90 Å². The topological polar surface area (TPSA) is 109 Å². The second kappa shape index (κ2) is 8.51. The van der Waals surface area contributed by atoms with Gasteiger partial charge in [0.1, 0.15) is 5.69 Å². The van der Waals surface area contributed by atoms with Crippen LogP contribution in [0, 0.1) is 10.1 Å². The number of nitro groups is 1. The number of hydrogen-bond donors (Lipinski definition) is 0. The highest BCUT2D eigenvalue weighted by Gasteiger charge is 2.34. The Kier molecular flexibility index (Phi) is 5.39. The molecule has 3 heterocycles. The average Bonchev–Trinajstić information content (AvgIpc) is 2.84. The molecule has 1 atom stereocenters. The van der Waals surface area contributed by atoms with E-state index in [2.05, 4.69) is 27.0 Å². The number of benzene rings is 2. The summed E-state index contributed by atoms with van der Waals surface area (Å²) in [6, 6.07) is 13.7. The Bertz CT molecular complexity index is 1280. The summed E-state index contributed by atoms with van der Waals surface area (Å²) in [7, 11) is 0. The highest BCUT2D eigenvalue weighted by Crippen LogP contribution is 2.32. The van der Waals surface area contributed by atoms with E-state index in [1.807, 2.05) is 23.1 Å². The molecule has 0 saturated carbocycles.